The van der Waals surface area contributed by atoms with Gasteiger partial charge in [-0.05, 0) is 37.1 Å². The summed E-state index contributed by atoms with van der Waals surface area (Å²) in [7, 11) is 1.93. The third-order valence-electron chi connectivity index (χ3n) is 3.96. The maximum Gasteiger partial charge on any atom is 0.247 e. The number of carbonyl (C=O) groups excluding carboxylic acids is 1. The molecule has 2 heterocycles. The molecule has 6 heteroatoms. The van der Waals surface area contributed by atoms with Gasteiger partial charge in [0.15, 0.2) is 0 Å². The summed E-state index contributed by atoms with van der Waals surface area (Å²) in [5.41, 5.74) is 2.40. The number of aromatic nitrogens is 2. The van der Waals surface area contributed by atoms with E-state index in [0.717, 1.165) is 29.9 Å². The minimum atomic E-state index is -0.795. The number of piperidine rings is 1. The van der Waals surface area contributed by atoms with Crippen molar-refractivity contribution in [1.82, 2.24) is 9.55 Å². The summed E-state index contributed by atoms with van der Waals surface area (Å²) in [4.78, 5) is 18.0. The molecule has 0 spiro atoms. The number of fused-ring (bicyclic) bond motifs is 1. The van der Waals surface area contributed by atoms with E-state index in [2.05, 4.69) is 16.9 Å². The summed E-state index contributed by atoms with van der Waals surface area (Å²) in [6, 6.07) is 5.54. The van der Waals surface area contributed by atoms with Crippen molar-refractivity contribution in [3.8, 4) is 0 Å². The summed E-state index contributed by atoms with van der Waals surface area (Å²) in [6.45, 7) is 4.63. The fraction of sp³-hybridized carbons (Fsp3) is 0.375. The molecule has 5 nitrogen and oxygen atoms in total. The highest BCUT2D eigenvalue weighted by molar-refractivity contribution is 6.00. The van der Waals surface area contributed by atoms with Gasteiger partial charge in [-0.25, -0.2) is 9.37 Å². The Kier molecular flexibility index (Phi) is 3.83. The Balaban J connectivity index is 1.94. The number of imidazole rings is 1. The molecule has 0 bridgehead atoms. The van der Waals surface area contributed by atoms with Crippen LogP contribution in [0.3, 0.4) is 0 Å². The minimum absolute atomic E-state index is 0.258. The van der Waals surface area contributed by atoms with E-state index in [1.807, 2.05) is 34.7 Å². The third kappa shape index (κ3) is 2.68. The number of amides is 1. The number of aryl methyl sites for hydroxylation is 1. The van der Waals surface area contributed by atoms with Gasteiger partial charge in [-0.15, -0.1) is 0 Å². The molecule has 1 fully saturated rings. The van der Waals surface area contributed by atoms with Gasteiger partial charge in [-0.3, -0.25) is 4.79 Å². The molecular formula is C16H19FN4O. The molecule has 1 aliphatic rings. The average molecular weight is 302 g/mol. The lowest BCUT2D eigenvalue weighted by atomic mass is 10.1. The Morgan fingerprint density at radius 2 is 2.36 bits per heavy atom. The van der Waals surface area contributed by atoms with Crippen molar-refractivity contribution in [3.05, 3.63) is 30.9 Å². The van der Waals surface area contributed by atoms with Gasteiger partial charge in [0.25, 0.3) is 0 Å². The maximum absolute atomic E-state index is 13.6. The Morgan fingerprint density at radius 3 is 3.09 bits per heavy atom. The van der Waals surface area contributed by atoms with Gasteiger partial charge in [0, 0.05) is 19.3 Å². The number of hydrogen-bond acceptors (Lipinski definition) is 3. The van der Waals surface area contributed by atoms with E-state index in [1.54, 1.807) is 0 Å². The number of alkyl halides is 1. The second-order valence-corrected chi connectivity index (χ2v) is 5.55. The summed E-state index contributed by atoms with van der Waals surface area (Å²) in [5, 5.41) is 2.72. The second kappa shape index (κ2) is 5.79. The number of nitrogens with one attached hydrogen (secondary N) is 1. The van der Waals surface area contributed by atoms with E-state index < -0.39 is 6.17 Å². The molecule has 1 atom stereocenters. The van der Waals surface area contributed by atoms with E-state index in [1.165, 1.54) is 6.08 Å². The first kappa shape index (κ1) is 14.6. The number of nitrogens with zero attached hydrogens (tertiary/aromatic N) is 3. The lowest BCUT2D eigenvalue weighted by Gasteiger charge is -2.29. The number of anilines is 2. The molecule has 1 aliphatic heterocycles. The molecule has 1 N–H and O–H groups in total. The summed E-state index contributed by atoms with van der Waals surface area (Å²) in [5.74, 6) is 0.511. The van der Waals surface area contributed by atoms with Crippen molar-refractivity contribution in [3.63, 3.8) is 0 Å². The number of hydrogen-bond donors (Lipinski definition) is 1. The van der Waals surface area contributed by atoms with Crippen molar-refractivity contribution in [1.29, 1.82) is 0 Å². The average Bonchev–Trinajstić information content (AvgIpc) is 2.84. The van der Waals surface area contributed by atoms with Crippen LogP contribution in [0.15, 0.2) is 30.9 Å². The van der Waals surface area contributed by atoms with Gasteiger partial charge >= 0.3 is 0 Å². The number of carbonyl (C=O) groups is 1. The van der Waals surface area contributed by atoms with E-state index in [0.29, 0.717) is 18.7 Å². The van der Waals surface area contributed by atoms with Crippen LogP contribution < -0.4 is 10.2 Å². The summed E-state index contributed by atoms with van der Waals surface area (Å²) < 4.78 is 15.6. The highest BCUT2D eigenvalue weighted by Gasteiger charge is 2.23. The van der Waals surface area contributed by atoms with Crippen LogP contribution in [0.2, 0.25) is 0 Å². The topological polar surface area (TPSA) is 50.2 Å². The van der Waals surface area contributed by atoms with Crippen molar-refractivity contribution >= 4 is 28.6 Å². The third-order valence-corrected chi connectivity index (χ3v) is 3.96. The van der Waals surface area contributed by atoms with Gasteiger partial charge in [-0.1, -0.05) is 6.58 Å². The lowest BCUT2D eigenvalue weighted by Crippen LogP contribution is -2.37. The molecule has 22 heavy (non-hydrogen) atoms. The lowest BCUT2D eigenvalue weighted by molar-refractivity contribution is -0.111. The smallest absolute Gasteiger partial charge is 0.247 e. The monoisotopic (exact) mass is 302 g/mol. The predicted octanol–water partition coefficient (Wildman–Crippen LogP) is 2.64. The van der Waals surface area contributed by atoms with Crippen LogP contribution in [0.25, 0.3) is 11.0 Å². The SMILES string of the molecule is C=CC(=O)Nc1ccc2c(c1)nc(N1CCCC(F)C1)n2C. The van der Waals surface area contributed by atoms with Crippen molar-refractivity contribution in [2.45, 2.75) is 19.0 Å². The first-order valence-corrected chi connectivity index (χ1v) is 7.37. The highest BCUT2D eigenvalue weighted by atomic mass is 19.1. The van der Waals surface area contributed by atoms with Gasteiger partial charge in [0.1, 0.15) is 6.17 Å². The minimum Gasteiger partial charge on any atom is -0.339 e. The Morgan fingerprint density at radius 1 is 1.55 bits per heavy atom. The molecule has 2 aromatic rings. The molecule has 3 rings (SSSR count). The molecule has 0 aliphatic carbocycles. The van der Waals surface area contributed by atoms with Crippen LogP contribution in [0.4, 0.5) is 16.0 Å². The fourth-order valence-corrected chi connectivity index (χ4v) is 2.85. The van der Waals surface area contributed by atoms with Gasteiger partial charge in [-0.2, -0.15) is 0 Å². The Labute approximate surface area is 128 Å². The predicted molar refractivity (Wildman–Crippen MR) is 85.9 cm³/mol. The summed E-state index contributed by atoms with van der Waals surface area (Å²) >= 11 is 0. The van der Waals surface area contributed by atoms with Crippen LogP contribution in [0.5, 0.6) is 0 Å². The Bertz CT molecular complexity index is 724. The van der Waals surface area contributed by atoms with E-state index >= 15 is 0 Å². The first-order chi connectivity index (χ1) is 10.6. The van der Waals surface area contributed by atoms with Gasteiger partial charge in [0.2, 0.25) is 11.9 Å². The zero-order valence-corrected chi connectivity index (χ0v) is 12.6. The van der Waals surface area contributed by atoms with Crippen LogP contribution in [-0.4, -0.2) is 34.7 Å². The maximum atomic E-state index is 13.6. The van der Waals surface area contributed by atoms with E-state index in [-0.39, 0.29) is 5.91 Å². The second-order valence-electron chi connectivity index (χ2n) is 5.55. The van der Waals surface area contributed by atoms with Gasteiger partial charge < -0.3 is 14.8 Å². The normalized spacial score (nSPS) is 18.5. The fourth-order valence-electron chi connectivity index (χ4n) is 2.85. The number of halogens is 1. The van der Waals surface area contributed by atoms with Gasteiger partial charge in [0.05, 0.1) is 17.6 Å². The molecule has 1 saturated heterocycles. The molecular weight excluding hydrogens is 283 g/mol. The van der Waals surface area contributed by atoms with Crippen LogP contribution in [0.1, 0.15) is 12.8 Å². The van der Waals surface area contributed by atoms with Crippen LogP contribution >= 0.6 is 0 Å². The summed E-state index contributed by atoms with van der Waals surface area (Å²) in [6.07, 6.45) is 1.89. The van der Waals surface area contributed by atoms with E-state index in [4.69, 9.17) is 0 Å². The van der Waals surface area contributed by atoms with Crippen molar-refractivity contribution in [2.75, 3.05) is 23.3 Å². The molecule has 1 amide bonds. The zero-order chi connectivity index (χ0) is 15.7. The number of benzene rings is 1. The van der Waals surface area contributed by atoms with Crippen LogP contribution in [-0.2, 0) is 11.8 Å². The largest absolute Gasteiger partial charge is 0.339 e. The molecule has 0 radical (unpaired) electrons. The molecule has 1 aromatic heterocycles. The van der Waals surface area contributed by atoms with Crippen LogP contribution in [0, 0.1) is 0 Å². The quantitative estimate of drug-likeness (QED) is 0.887. The van der Waals surface area contributed by atoms with Crippen molar-refractivity contribution in [2.24, 2.45) is 7.05 Å². The number of rotatable bonds is 3. The van der Waals surface area contributed by atoms with Crippen molar-refractivity contribution < 1.29 is 9.18 Å². The van der Waals surface area contributed by atoms with E-state index in [9.17, 15) is 9.18 Å². The highest BCUT2D eigenvalue weighted by Crippen LogP contribution is 2.26. The standard InChI is InChI=1S/C16H19FN4O/c1-3-15(22)18-12-6-7-14-13(9-12)19-16(20(14)2)21-8-4-5-11(17)10-21/h3,6-7,9,11H,1,4-5,8,10H2,2H3,(H,18,22). The molecule has 116 valence electrons. The molecule has 1 aromatic carbocycles. The molecule has 0 saturated carbocycles. The molecule has 1 unspecified atom stereocenters. The zero-order valence-electron chi connectivity index (χ0n) is 12.6. The first-order valence-electron chi connectivity index (χ1n) is 7.37. The Hall–Kier alpha value is -2.37.